The fraction of sp³-hybridized carbons (Fsp3) is 0.600. The van der Waals surface area contributed by atoms with Gasteiger partial charge in [0.1, 0.15) is 42.3 Å². The van der Waals surface area contributed by atoms with Crippen LogP contribution in [0, 0.1) is 11.8 Å². The topological polar surface area (TPSA) is 409 Å². The maximum Gasteiger partial charge on any atom is 0.328 e. The first kappa shape index (κ1) is 55.6. The standard InChI is InChI=1S/C40H65N11O13/c1-20(2)16-26(47-35(59)27(17-23-10-7-6-8-11-23)48-38(62)32(22(5)53)50-29(54)18-41)36(60)51-31(21(3)4)37(61)46-24(12-9-15-44-40(42)43)33(57)45-25(13-14-30(55)56)34(58)49-28(19-52)39(63)64/h6-8,10-11,20-22,24-28,31-32,52-53H,9,12-19,41H2,1-5H3,(H,45,57)(H,46,61)(H,47,59)(H,48,62)(H,49,58)(H,50,54)(H,51,60)(H,55,56)(H,63,64)(H4,42,43,44). The lowest BCUT2D eigenvalue weighted by Gasteiger charge is -2.29. The van der Waals surface area contributed by atoms with Gasteiger partial charge in [0, 0.05) is 19.4 Å². The van der Waals surface area contributed by atoms with Crippen LogP contribution in [0.3, 0.4) is 0 Å². The normalized spacial score (nSPS) is 14.8. The number of nitrogens with two attached hydrogens (primary N) is 3. The highest BCUT2D eigenvalue weighted by Gasteiger charge is 2.36. The number of aliphatic hydroxyl groups is 2. The zero-order valence-electron chi connectivity index (χ0n) is 36.7. The van der Waals surface area contributed by atoms with E-state index in [0.717, 1.165) is 0 Å². The predicted octanol–water partition coefficient (Wildman–Crippen LogP) is -4.34. The lowest BCUT2D eigenvalue weighted by molar-refractivity contribution is -0.144. The Morgan fingerprint density at radius 3 is 1.64 bits per heavy atom. The number of aliphatic hydroxyl groups excluding tert-OH is 2. The molecular formula is C40H65N11O13. The zero-order chi connectivity index (χ0) is 48.7. The molecule has 1 aromatic rings. The van der Waals surface area contributed by atoms with Gasteiger partial charge in [-0.1, -0.05) is 58.0 Å². The summed E-state index contributed by atoms with van der Waals surface area (Å²) in [5.74, 6) is -10.3. The van der Waals surface area contributed by atoms with E-state index >= 15 is 0 Å². The Bertz CT molecular complexity index is 1780. The van der Waals surface area contributed by atoms with E-state index < -0.39 is 134 Å². The summed E-state index contributed by atoms with van der Waals surface area (Å²) >= 11 is 0. The van der Waals surface area contributed by atoms with Crippen molar-refractivity contribution < 1.29 is 63.6 Å². The van der Waals surface area contributed by atoms with Crippen LogP contribution in [0.4, 0.5) is 0 Å². The molecule has 24 heteroatoms. The summed E-state index contributed by atoms with van der Waals surface area (Å²) in [6, 6.07) is -1.77. The van der Waals surface area contributed by atoms with Crippen LogP contribution in [0.15, 0.2) is 35.3 Å². The van der Waals surface area contributed by atoms with E-state index in [1.165, 1.54) is 6.92 Å². The van der Waals surface area contributed by atoms with E-state index in [-0.39, 0.29) is 44.1 Å². The molecular weight excluding hydrogens is 843 g/mol. The van der Waals surface area contributed by atoms with Crippen molar-refractivity contribution in [3.05, 3.63) is 35.9 Å². The van der Waals surface area contributed by atoms with E-state index in [0.29, 0.717) is 5.56 Å². The predicted molar refractivity (Wildman–Crippen MR) is 230 cm³/mol. The number of hydrogen-bond donors (Lipinski definition) is 14. The van der Waals surface area contributed by atoms with E-state index in [9.17, 15) is 63.6 Å². The summed E-state index contributed by atoms with van der Waals surface area (Å²) in [4.78, 5) is 121. The largest absolute Gasteiger partial charge is 0.481 e. The Morgan fingerprint density at radius 1 is 0.641 bits per heavy atom. The van der Waals surface area contributed by atoms with Crippen LogP contribution in [0.25, 0.3) is 0 Å². The highest BCUT2D eigenvalue weighted by molar-refractivity contribution is 5.97. The summed E-state index contributed by atoms with van der Waals surface area (Å²) in [7, 11) is 0. The number of aliphatic imine (C=N–C) groups is 1. The van der Waals surface area contributed by atoms with Crippen LogP contribution < -0.4 is 54.4 Å². The molecule has 0 bridgehead atoms. The maximum absolute atomic E-state index is 14.0. The number of benzene rings is 1. The van der Waals surface area contributed by atoms with Crippen molar-refractivity contribution in [3.63, 3.8) is 0 Å². The molecule has 1 rings (SSSR count). The van der Waals surface area contributed by atoms with Crippen LogP contribution in [0.2, 0.25) is 0 Å². The Hall–Kier alpha value is -6.40. The number of guanidine groups is 1. The number of rotatable bonds is 29. The minimum Gasteiger partial charge on any atom is -0.481 e. The van der Waals surface area contributed by atoms with Crippen molar-refractivity contribution in [1.82, 2.24) is 37.2 Å². The lowest BCUT2D eigenvalue weighted by atomic mass is 9.98. The highest BCUT2D eigenvalue weighted by atomic mass is 16.4. The number of carboxylic acid groups (broad SMARTS) is 2. The highest BCUT2D eigenvalue weighted by Crippen LogP contribution is 2.12. The quantitative estimate of drug-likeness (QED) is 0.0205. The van der Waals surface area contributed by atoms with Crippen molar-refractivity contribution in [1.29, 1.82) is 0 Å². The molecule has 0 spiro atoms. The van der Waals surface area contributed by atoms with Gasteiger partial charge in [0.25, 0.3) is 0 Å². The van der Waals surface area contributed by atoms with Gasteiger partial charge in [0.05, 0.1) is 19.3 Å². The summed E-state index contributed by atoms with van der Waals surface area (Å²) in [5, 5.41) is 55.3. The van der Waals surface area contributed by atoms with Crippen molar-refractivity contribution in [2.75, 3.05) is 19.7 Å². The van der Waals surface area contributed by atoms with Crippen molar-refractivity contribution in [2.45, 2.75) is 122 Å². The molecule has 7 amide bonds. The molecule has 0 heterocycles. The number of nitrogens with zero attached hydrogens (tertiary/aromatic N) is 1. The number of amides is 7. The number of carboxylic acids is 2. The fourth-order valence-electron chi connectivity index (χ4n) is 6.02. The zero-order valence-corrected chi connectivity index (χ0v) is 36.7. The van der Waals surface area contributed by atoms with E-state index in [1.807, 2.05) is 5.32 Å². The molecule has 64 heavy (non-hydrogen) atoms. The summed E-state index contributed by atoms with van der Waals surface area (Å²) in [6.45, 7) is 6.50. The lowest BCUT2D eigenvalue weighted by Crippen LogP contribution is -2.61. The molecule has 0 fully saturated rings. The first-order valence-electron chi connectivity index (χ1n) is 20.6. The van der Waals surface area contributed by atoms with Gasteiger partial charge in [-0.05, 0) is 50.0 Å². The Balaban J connectivity index is 3.48. The summed E-state index contributed by atoms with van der Waals surface area (Å²) < 4.78 is 0. The van der Waals surface area contributed by atoms with Crippen LogP contribution in [-0.2, 0) is 49.6 Å². The Kier molecular flexibility index (Phi) is 24.6. The van der Waals surface area contributed by atoms with Crippen LogP contribution in [-0.4, -0.2) is 148 Å². The van der Waals surface area contributed by atoms with Gasteiger partial charge in [0.15, 0.2) is 5.96 Å². The first-order chi connectivity index (χ1) is 30.0. The summed E-state index contributed by atoms with van der Waals surface area (Å²) in [5.41, 5.74) is 16.8. The van der Waals surface area contributed by atoms with Crippen LogP contribution in [0.1, 0.15) is 72.3 Å². The number of nitrogens with one attached hydrogen (secondary N) is 7. The number of carbonyl (C=O) groups excluding carboxylic acids is 7. The first-order valence-corrected chi connectivity index (χ1v) is 20.6. The molecule has 1 aromatic carbocycles. The number of aliphatic carboxylic acids is 2. The van der Waals surface area contributed by atoms with Gasteiger partial charge < -0.3 is 74.8 Å². The second-order valence-electron chi connectivity index (χ2n) is 15.7. The molecule has 24 nitrogen and oxygen atoms in total. The third kappa shape index (κ3) is 20.6. The average Bonchev–Trinajstić information content (AvgIpc) is 3.21. The van der Waals surface area contributed by atoms with Gasteiger partial charge in [0.2, 0.25) is 41.4 Å². The van der Waals surface area contributed by atoms with Crippen LogP contribution in [0.5, 0.6) is 0 Å². The second-order valence-corrected chi connectivity index (χ2v) is 15.7. The fourth-order valence-corrected chi connectivity index (χ4v) is 6.02. The van der Waals surface area contributed by atoms with Crippen molar-refractivity contribution >= 4 is 59.2 Å². The Morgan fingerprint density at radius 2 is 1.14 bits per heavy atom. The molecule has 0 saturated heterocycles. The molecule has 17 N–H and O–H groups in total. The number of hydrogen-bond acceptors (Lipinski definition) is 13. The third-order valence-electron chi connectivity index (χ3n) is 9.42. The third-order valence-corrected chi connectivity index (χ3v) is 9.42. The molecule has 0 aliphatic rings. The number of carbonyl (C=O) groups is 9. The van der Waals surface area contributed by atoms with Gasteiger partial charge in [-0.3, -0.25) is 43.3 Å². The van der Waals surface area contributed by atoms with Gasteiger partial charge in [-0.2, -0.15) is 0 Å². The molecule has 0 radical (unpaired) electrons. The second kappa shape index (κ2) is 28.3. The maximum atomic E-state index is 14.0. The van der Waals surface area contributed by atoms with Crippen molar-refractivity contribution in [2.24, 2.45) is 34.0 Å². The minimum atomic E-state index is -1.78. The monoisotopic (exact) mass is 907 g/mol. The van der Waals surface area contributed by atoms with E-state index in [2.05, 4.69) is 36.9 Å². The molecule has 0 aliphatic carbocycles. The molecule has 0 aliphatic heterocycles. The Labute approximate surface area is 370 Å². The molecule has 0 saturated carbocycles. The molecule has 358 valence electrons. The van der Waals surface area contributed by atoms with Gasteiger partial charge in [-0.25, -0.2) is 4.79 Å². The minimum absolute atomic E-state index is 0.00360. The molecule has 8 atom stereocenters. The van der Waals surface area contributed by atoms with Gasteiger partial charge in [-0.15, -0.1) is 0 Å². The SMILES string of the molecule is CC(C)CC(NC(=O)C(Cc1ccccc1)NC(=O)C(NC(=O)CN)C(C)O)C(=O)NC(C(=O)NC(CCCN=C(N)N)C(=O)NC(CCC(=O)O)C(=O)NC(CO)C(=O)O)C(C)C. The summed E-state index contributed by atoms with van der Waals surface area (Å²) in [6.07, 6.45) is -2.62. The van der Waals surface area contributed by atoms with Crippen LogP contribution >= 0.6 is 0 Å². The van der Waals surface area contributed by atoms with E-state index in [4.69, 9.17) is 17.2 Å². The van der Waals surface area contributed by atoms with Gasteiger partial charge >= 0.3 is 11.9 Å². The van der Waals surface area contributed by atoms with Crippen molar-refractivity contribution in [3.8, 4) is 0 Å². The molecule has 8 unspecified atom stereocenters. The smallest absolute Gasteiger partial charge is 0.328 e. The molecule has 0 aromatic heterocycles. The van der Waals surface area contributed by atoms with E-state index in [1.54, 1.807) is 58.0 Å². The average molecular weight is 908 g/mol.